The number of hydrogen-bond acceptors (Lipinski definition) is 11. The van der Waals surface area contributed by atoms with E-state index in [1.54, 1.807) is 12.1 Å². The number of piperazine rings is 1. The summed E-state index contributed by atoms with van der Waals surface area (Å²) >= 11 is 0. The Morgan fingerprint density at radius 2 is 1.79 bits per heavy atom. The Bertz CT molecular complexity index is 2030. The van der Waals surface area contributed by atoms with E-state index in [0.717, 1.165) is 31.4 Å². The molecule has 2 aliphatic rings. The predicted molar refractivity (Wildman–Crippen MR) is 169 cm³/mol. The minimum Gasteiger partial charge on any atom is -0.480 e. The molecule has 2 atom stereocenters. The number of ether oxygens (including phenoxy) is 1. The number of nitrogen functional groups attached to an aromatic ring is 1. The van der Waals surface area contributed by atoms with Gasteiger partial charge in [-0.05, 0) is 62.6 Å². The van der Waals surface area contributed by atoms with E-state index in [1.165, 1.54) is 38.4 Å². The molecule has 0 saturated carbocycles. The van der Waals surface area contributed by atoms with E-state index < -0.39 is 26.6 Å². The highest BCUT2D eigenvalue weighted by atomic mass is 32.2. The summed E-state index contributed by atoms with van der Waals surface area (Å²) in [6.45, 7) is 2.32. The van der Waals surface area contributed by atoms with E-state index in [2.05, 4.69) is 19.7 Å². The third-order valence-electron chi connectivity index (χ3n) is 8.05. The van der Waals surface area contributed by atoms with Gasteiger partial charge in [-0.15, -0.1) is 0 Å². The summed E-state index contributed by atoms with van der Waals surface area (Å²) in [4.78, 5) is 45.5. The second kappa shape index (κ2) is 12.5. The van der Waals surface area contributed by atoms with Gasteiger partial charge in [0.25, 0.3) is 10.0 Å². The largest absolute Gasteiger partial charge is 0.480 e. The van der Waals surface area contributed by atoms with Crippen LogP contribution in [0.1, 0.15) is 26.2 Å². The van der Waals surface area contributed by atoms with E-state index >= 15 is 0 Å². The number of ketones is 1. The van der Waals surface area contributed by atoms with Crippen molar-refractivity contribution < 1.29 is 31.5 Å². The van der Waals surface area contributed by atoms with Crippen LogP contribution in [0.2, 0.25) is 0 Å². The van der Waals surface area contributed by atoms with Crippen LogP contribution >= 0.6 is 0 Å². The first kappa shape index (κ1) is 31.7. The number of sulfonamides is 1. The Morgan fingerprint density at radius 1 is 1.04 bits per heavy atom. The Balaban J connectivity index is 1.35. The van der Waals surface area contributed by atoms with Crippen LogP contribution in [-0.4, -0.2) is 77.2 Å². The molecule has 13 nitrogen and oxygen atoms in total. The number of aromatic nitrogens is 4. The van der Waals surface area contributed by atoms with Crippen molar-refractivity contribution in [1.82, 2.24) is 24.8 Å². The van der Waals surface area contributed by atoms with Crippen molar-refractivity contribution in [3.63, 3.8) is 0 Å². The van der Waals surface area contributed by atoms with Gasteiger partial charge in [-0.1, -0.05) is 0 Å². The molecule has 5 heterocycles. The van der Waals surface area contributed by atoms with Gasteiger partial charge < -0.3 is 20.3 Å². The number of fused-ring (bicyclic) bond motifs is 3. The highest BCUT2D eigenvalue weighted by molar-refractivity contribution is 7.92. The van der Waals surface area contributed by atoms with E-state index in [1.807, 2.05) is 9.80 Å². The topological polar surface area (TPSA) is 174 Å². The van der Waals surface area contributed by atoms with Crippen LogP contribution in [0.25, 0.3) is 22.3 Å². The third-order valence-corrected chi connectivity index (χ3v) is 9.45. The lowest BCUT2D eigenvalue weighted by atomic mass is 9.91. The predicted octanol–water partition coefficient (Wildman–Crippen LogP) is 3.47. The van der Waals surface area contributed by atoms with Gasteiger partial charge in [-0.3, -0.25) is 14.3 Å². The second-order valence-corrected chi connectivity index (χ2v) is 12.9. The Hall–Kier alpha value is -5.25. The molecule has 2 fully saturated rings. The number of pyridine rings is 2. The van der Waals surface area contributed by atoms with Crippen LogP contribution in [0.15, 0.2) is 59.6 Å². The summed E-state index contributed by atoms with van der Waals surface area (Å²) in [5.74, 6) is -2.15. The highest BCUT2D eigenvalue weighted by Crippen LogP contribution is 2.35. The number of benzene rings is 1. The minimum absolute atomic E-state index is 0.0472. The average molecular weight is 665 g/mol. The molecule has 3 aromatic heterocycles. The molecular weight excluding hydrogens is 634 g/mol. The standard InChI is InChI=1S/C31H30F2N8O5S/c1-17(42)6-11-27(43)41-20-4-3-5-21(41)16-40(15-20)29-28-24(37-31(34)38-29)9-8-23(36-28)18-12-25(30(46-2)35-14-18)39-47(44,45)26-10-7-19(32)13-22(26)33/h6-14,20-21,39H,3-5,15-16H2,1-2H3,(H2,34,37,38)/b11-6+. The van der Waals surface area contributed by atoms with Gasteiger partial charge in [0.15, 0.2) is 11.6 Å². The number of carbonyl (C=O) groups excluding carboxylic acids is 2. The first-order valence-electron chi connectivity index (χ1n) is 14.7. The number of amides is 1. The van der Waals surface area contributed by atoms with Crippen molar-refractivity contribution in [1.29, 1.82) is 0 Å². The normalized spacial score (nSPS) is 18.0. The van der Waals surface area contributed by atoms with Gasteiger partial charge in [-0.2, -0.15) is 4.98 Å². The van der Waals surface area contributed by atoms with Crippen molar-refractivity contribution in [2.75, 3.05) is 35.6 Å². The molecule has 0 aliphatic carbocycles. The zero-order chi connectivity index (χ0) is 33.5. The number of hydrogen-bond donors (Lipinski definition) is 2. The molecule has 2 bridgehead atoms. The fourth-order valence-electron chi connectivity index (χ4n) is 6.03. The number of nitrogens with two attached hydrogens (primary N) is 1. The quantitative estimate of drug-likeness (QED) is 0.264. The van der Waals surface area contributed by atoms with E-state index in [9.17, 15) is 26.8 Å². The van der Waals surface area contributed by atoms with Crippen molar-refractivity contribution in [3.8, 4) is 17.1 Å². The number of halogens is 2. The second-order valence-electron chi connectivity index (χ2n) is 11.3. The van der Waals surface area contributed by atoms with Crippen LogP contribution in [0, 0.1) is 11.6 Å². The van der Waals surface area contributed by atoms with Gasteiger partial charge in [0, 0.05) is 49.1 Å². The molecule has 6 rings (SSSR count). The molecule has 1 aromatic carbocycles. The number of nitrogens with zero attached hydrogens (tertiary/aromatic N) is 6. The molecule has 0 spiro atoms. The molecule has 3 N–H and O–H groups in total. The van der Waals surface area contributed by atoms with Gasteiger partial charge in [0.1, 0.15) is 27.7 Å². The third kappa shape index (κ3) is 6.40. The lowest BCUT2D eigenvalue weighted by Crippen LogP contribution is -2.62. The molecule has 2 saturated heterocycles. The molecule has 2 aliphatic heterocycles. The van der Waals surface area contributed by atoms with Crippen LogP contribution in [0.3, 0.4) is 0 Å². The van der Waals surface area contributed by atoms with Crippen molar-refractivity contribution in [3.05, 3.63) is 66.4 Å². The van der Waals surface area contributed by atoms with Crippen LogP contribution in [0.4, 0.5) is 26.2 Å². The first-order chi connectivity index (χ1) is 22.4. The molecule has 1 amide bonds. The monoisotopic (exact) mass is 664 g/mol. The number of carbonyl (C=O) groups is 2. The summed E-state index contributed by atoms with van der Waals surface area (Å²) in [5, 5.41) is 0. The fourth-order valence-corrected chi connectivity index (χ4v) is 7.14. The van der Waals surface area contributed by atoms with E-state index in [0.29, 0.717) is 47.3 Å². The highest BCUT2D eigenvalue weighted by Gasteiger charge is 2.40. The zero-order valence-electron chi connectivity index (χ0n) is 25.4. The van der Waals surface area contributed by atoms with E-state index in [4.69, 9.17) is 15.5 Å². The van der Waals surface area contributed by atoms with Gasteiger partial charge >= 0.3 is 0 Å². The van der Waals surface area contributed by atoms with Gasteiger partial charge in [0.2, 0.25) is 17.7 Å². The number of anilines is 3. The maximum absolute atomic E-state index is 14.4. The average Bonchev–Trinajstić information content (AvgIpc) is 3.02. The molecule has 47 heavy (non-hydrogen) atoms. The first-order valence-corrected chi connectivity index (χ1v) is 16.1. The summed E-state index contributed by atoms with van der Waals surface area (Å²) in [6, 6.07) is 6.69. The lowest BCUT2D eigenvalue weighted by molar-refractivity contribution is -0.133. The molecule has 2 unspecified atom stereocenters. The molecule has 0 radical (unpaired) electrons. The molecule has 4 aromatic rings. The minimum atomic E-state index is -4.50. The maximum atomic E-state index is 14.4. The SMILES string of the molecule is COc1ncc(-c2ccc3nc(N)nc(N4CC5CCCC(C4)N5C(=O)/C=C/C(C)=O)c3n2)cc1NS(=O)(=O)c1ccc(F)cc1F. The zero-order valence-corrected chi connectivity index (χ0v) is 26.2. The van der Waals surface area contributed by atoms with Gasteiger partial charge in [0.05, 0.1) is 18.3 Å². The number of piperidine rings is 1. The summed E-state index contributed by atoms with van der Waals surface area (Å²) in [6.07, 6.45) is 6.56. The number of rotatable bonds is 8. The van der Waals surface area contributed by atoms with Crippen LogP contribution in [-0.2, 0) is 19.6 Å². The summed E-state index contributed by atoms with van der Waals surface area (Å²) < 4.78 is 61.4. The Labute approximate surface area is 268 Å². The molecule has 16 heteroatoms. The molecular formula is C31H30F2N8O5S. The number of nitrogens with one attached hydrogen (secondary N) is 1. The van der Waals surface area contributed by atoms with Crippen molar-refractivity contribution >= 4 is 50.2 Å². The maximum Gasteiger partial charge on any atom is 0.264 e. The van der Waals surface area contributed by atoms with E-state index in [-0.39, 0.29) is 41.3 Å². The van der Waals surface area contributed by atoms with Gasteiger partial charge in [-0.25, -0.2) is 32.2 Å². The Kier molecular flexibility index (Phi) is 8.44. The summed E-state index contributed by atoms with van der Waals surface area (Å²) in [7, 11) is -3.21. The summed E-state index contributed by atoms with van der Waals surface area (Å²) in [5.41, 5.74) is 7.67. The Morgan fingerprint density at radius 3 is 2.47 bits per heavy atom. The lowest BCUT2D eigenvalue weighted by Gasteiger charge is -2.50. The van der Waals surface area contributed by atoms with Crippen molar-refractivity contribution in [2.24, 2.45) is 0 Å². The van der Waals surface area contributed by atoms with Crippen molar-refractivity contribution in [2.45, 2.75) is 43.2 Å². The molecule has 244 valence electrons. The number of methoxy groups -OCH3 is 1. The van der Waals surface area contributed by atoms with Crippen LogP contribution in [0.5, 0.6) is 5.88 Å². The van der Waals surface area contributed by atoms with Crippen LogP contribution < -0.4 is 20.1 Å². The fraction of sp³-hybridized carbons (Fsp3) is 0.290. The smallest absolute Gasteiger partial charge is 0.264 e. The number of allylic oxidation sites excluding steroid dienone is 1.